The molecule has 0 unspecified atom stereocenters. The van der Waals surface area contributed by atoms with Gasteiger partial charge < -0.3 is 9.73 Å². The van der Waals surface area contributed by atoms with Crippen molar-refractivity contribution in [1.29, 1.82) is 0 Å². The van der Waals surface area contributed by atoms with Crippen LogP contribution in [0.4, 0.5) is 5.69 Å². The zero-order valence-corrected chi connectivity index (χ0v) is 11.2. The van der Waals surface area contributed by atoms with Crippen LogP contribution in [0.1, 0.15) is 21.5 Å². The van der Waals surface area contributed by atoms with E-state index >= 15 is 0 Å². The quantitative estimate of drug-likeness (QED) is 0.912. The van der Waals surface area contributed by atoms with Gasteiger partial charge in [0.15, 0.2) is 4.67 Å². The second-order valence-electron chi connectivity index (χ2n) is 3.88. The van der Waals surface area contributed by atoms with Crippen molar-refractivity contribution in [3.63, 3.8) is 0 Å². The Morgan fingerprint density at radius 1 is 1.29 bits per heavy atom. The van der Waals surface area contributed by atoms with Gasteiger partial charge in [-0.1, -0.05) is 12.1 Å². The molecule has 2 aromatic rings. The molecule has 88 valence electrons. The highest BCUT2D eigenvalue weighted by molar-refractivity contribution is 9.10. The average molecular weight is 294 g/mol. The smallest absolute Gasteiger partial charge is 0.260 e. The molecule has 0 aliphatic heterocycles. The van der Waals surface area contributed by atoms with Crippen LogP contribution in [0.5, 0.6) is 0 Å². The maximum atomic E-state index is 12.0. The minimum atomic E-state index is -0.181. The third-order valence-electron chi connectivity index (χ3n) is 2.50. The molecular weight excluding hydrogens is 282 g/mol. The first-order valence-corrected chi connectivity index (χ1v) is 5.99. The summed E-state index contributed by atoms with van der Waals surface area (Å²) in [4.78, 5) is 12.0. The lowest BCUT2D eigenvalue weighted by molar-refractivity contribution is 0.102. The predicted molar refractivity (Wildman–Crippen MR) is 70.3 cm³/mol. The number of nitrogens with one attached hydrogen (secondary N) is 1. The number of amides is 1. The van der Waals surface area contributed by atoms with Gasteiger partial charge in [-0.05, 0) is 53.0 Å². The molecule has 1 heterocycles. The summed E-state index contributed by atoms with van der Waals surface area (Å²) in [5.41, 5.74) is 3.45. The normalized spacial score (nSPS) is 10.3. The number of furan rings is 1. The molecule has 2 rings (SSSR count). The third-order valence-corrected chi connectivity index (χ3v) is 3.12. The molecule has 0 saturated carbocycles. The Morgan fingerprint density at radius 2 is 2.06 bits per heavy atom. The second kappa shape index (κ2) is 4.75. The van der Waals surface area contributed by atoms with Gasteiger partial charge in [0.05, 0.1) is 11.8 Å². The van der Waals surface area contributed by atoms with Crippen LogP contribution in [0.3, 0.4) is 0 Å². The molecule has 0 fully saturated rings. The molecule has 1 aromatic carbocycles. The van der Waals surface area contributed by atoms with Crippen molar-refractivity contribution in [3.05, 3.63) is 51.9 Å². The standard InChI is InChI=1S/C13H12BrNO2/c1-8-3-4-9(2)11(7-8)15-13(16)10-5-6-17-12(10)14/h3-7H,1-2H3,(H,15,16). The van der Waals surface area contributed by atoms with E-state index in [9.17, 15) is 4.79 Å². The number of benzene rings is 1. The van der Waals surface area contributed by atoms with Crippen LogP contribution in [-0.4, -0.2) is 5.91 Å². The van der Waals surface area contributed by atoms with E-state index in [4.69, 9.17) is 4.42 Å². The second-order valence-corrected chi connectivity index (χ2v) is 4.60. The maximum absolute atomic E-state index is 12.0. The van der Waals surface area contributed by atoms with Gasteiger partial charge in [0.25, 0.3) is 5.91 Å². The number of rotatable bonds is 2. The summed E-state index contributed by atoms with van der Waals surface area (Å²) < 4.78 is 5.48. The van der Waals surface area contributed by atoms with Gasteiger partial charge in [-0.3, -0.25) is 4.79 Å². The van der Waals surface area contributed by atoms with Crippen LogP contribution in [0.15, 0.2) is 39.6 Å². The fraction of sp³-hybridized carbons (Fsp3) is 0.154. The van der Waals surface area contributed by atoms with Crippen LogP contribution in [0, 0.1) is 13.8 Å². The number of carbonyl (C=O) groups excluding carboxylic acids is 1. The average Bonchev–Trinajstić information content (AvgIpc) is 2.70. The first-order chi connectivity index (χ1) is 8.08. The predicted octanol–water partition coefficient (Wildman–Crippen LogP) is 3.91. The van der Waals surface area contributed by atoms with Gasteiger partial charge in [0.1, 0.15) is 0 Å². The Bertz CT molecular complexity index is 560. The Morgan fingerprint density at radius 3 is 2.71 bits per heavy atom. The van der Waals surface area contributed by atoms with E-state index in [2.05, 4.69) is 21.2 Å². The first-order valence-electron chi connectivity index (χ1n) is 5.19. The molecule has 0 aliphatic carbocycles. The van der Waals surface area contributed by atoms with Crippen molar-refractivity contribution >= 4 is 27.5 Å². The summed E-state index contributed by atoms with van der Waals surface area (Å²) in [5, 5.41) is 2.87. The summed E-state index contributed by atoms with van der Waals surface area (Å²) in [6.07, 6.45) is 1.47. The zero-order chi connectivity index (χ0) is 12.4. The highest BCUT2D eigenvalue weighted by Crippen LogP contribution is 2.21. The number of aryl methyl sites for hydroxylation is 2. The summed E-state index contributed by atoms with van der Waals surface area (Å²) in [6.45, 7) is 3.95. The summed E-state index contributed by atoms with van der Waals surface area (Å²) in [6, 6.07) is 7.57. The minimum Gasteiger partial charge on any atom is -0.457 e. The number of hydrogen-bond acceptors (Lipinski definition) is 2. The number of anilines is 1. The number of hydrogen-bond donors (Lipinski definition) is 1. The number of halogens is 1. The van der Waals surface area contributed by atoms with Crippen molar-refractivity contribution in [3.8, 4) is 0 Å². The molecule has 17 heavy (non-hydrogen) atoms. The Balaban J connectivity index is 2.24. The largest absolute Gasteiger partial charge is 0.457 e. The van der Waals surface area contributed by atoms with Crippen molar-refractivity contribution in [1.82, 2.24) is 0 Å². The lowest BCUT2D eigenvalue weighted by atomic mass is 10.1. The third kappa shape index (κ3) is 2.58. The molecule has 0 aliphatic rings. The van der Waals surface area contributed by atoms with Crippen molar-refractivity contribution < 1.29 is 9.21 Å². The zero-order valence-electron chi connectivity index (χ0n) is 9.58. The van der Waals surface area contributed by atoms with Crippen molar-refractivity contribution in [2.75, 3.05) is 5.32 Å². The van der Waals surface area contributed by atoms with Crippen LogP contribution >= 0.6 is 15.9 Å². The molecule has 0 spiro atoms. The highest BCUT2D eigenvalue weighted by Gasteiger charge is 2.13. The van der Waals surface area contributed by atoms with Gasteiger partial charge in [0.2, 0.25) is 0 Å². The van der Waals surface area contributed by atoms with E-state index in [0.29, 0.717) is 10.2 Å². The molecule has 1 amide bonds. The number of carbonyl (C=O) groups is 1. The fourth-order valence-electron chi connectivity index (χ4n) is 1.52. The summed E-state index contributed by atoms with van der Waals surface area (Å²) >= 11 is 3.19. The molecule has 3 nitrogen and oxygen atoms in total. The maximum Gasteiger partial charge on any atom is 0.260 e. The van der Waals surface area contributed by atoms with Gasteiger partial charge >= 0.3 is 0 Å². The Hall–Kier alpha value is -1.55. The fourth-order valence-corrected chi connectivity index (χ4v) is 1.94. The first kappa shape index (κ1) is 11.9. The Kier molecular flexibility index (Phi) is 3.33. The summed E-state index contributed by atoms with van der Waals surface area (Å²) in [5.74, 6) is -0.181. The molecule has 1 N–H and O–H groups in total. The monoisotopic (exact) mass is 293 g/mol. The van der Waals surface area contributed by atoms with Crippen molar-refractivity contribution in [2.24, 2.45) is 0 Å². The van der Waals surface area contributed by atoms with Gasteiger partial charge in [-0.15, -0.1) is 0 Å². The van der Waals surface area contributed by atoms with E-state index < -0.39 is 0 Å². The van der Waals surface area contributed by atoms with E-state index in [1.807, 2.05) is 32.0 Å². The molecular formula is C13H12BrNO2. The molecule has 0 atom stereocenters. The highest BCUT2D eigenvalue weighted by atomic mass is 79.9. The lowest BCUT2D eigenvalue weighted by Crippen LogP contribution is -2.12. The van der Waals surface area contributed by atoms with E-state index in [1.165, 1.54) is 6.26 Å². The van der Waals surface area contributed by atoms with E-state index in [1.54, 1.807) is 6.07 Å². The molecule has 4 heteroatoms. The van der Waals surface area contributed by atoms with Crippen molar-refractivity contribution in [2.45, 2.75) is 13.8 Å². The van der Waals surface area contributed by atoms with Crippen LogP contribution in [-0.2, 0) is 0 Å². The SMILES string of the molecule is Cc1ccc(C)c(NC(=O)c2ccoc2Br)c1. The summed E-state index contributed by atoms with van der Waals surface area (Å²) in [7, 11) is 0. The van der Waals surface area contributed by atoms with Crippen LogP contribution in [0.25, 0.3) is 0 Å². The van der Waals surface area contributed by atoms with Gasteiger partial charge in [-0.25, -0.2) is 0 Å². The molecule has 0 saturated heterocycles. The molecule has 0 bridgehead atoms. The van der Waals surface area contributed by atoms with Gasteiger partial charge in [-0.2, -0.15) is 0 Å². The van der Waals surface area contributed by atoms with E-state index in [0.717, 1.165) is 16.8 Å². The lowest BCUT2D eigenvalue weighted by Gasteiger charge is -2.08. The molecule has 1 aromatic heterocycles. The van der Waals surface area contributed by atoms with E-state index in [-0.39, 0.29) is 5.91 Å². The minimum absolute atomic E-state index is 0.181. The Labute approximate surface area is 108 Å². The van der Waals surface area contributed by atoms with Crippen LogP contribution in [0.2, 0.25) is 0 Å². The topological polar surface area (TPSA) is 42.2 Å². The van der Waals surface area contributed by atoms with Crippen LogP contribution < -0.4 is 5.32 Å². The molecule has 0 radical (unpaired) electrons. The van der Waals surface area contributed by atoms with Gasteiger partial charge in [0, 0.05) is 5.69 Å².